The maximum atomic E-state index is 11.9. The predicted octanol–water partition coefficient (Wildman–Crippen LogP) is 9.10. The van der Waals surface area contributed by atoms with Gasteiger partial charge in [-0.2, -0.15) is 0 Å². The molecule has 0 aromatic heterocycles. The quantitative estimate of drug-likeness (QED) is 0.175. The third-order valence-corrected chi connectivity index (χ3v) is 9.02. The summed E-state index contributed by atoms with van der Waals surface area (Å²) in [5.41, 5.74) is 1.51. The number of phenolic OH excluding ortho intramolecular Hbond substituents is 2. The first-order valence-corrected chi connectivity index (χ1v) is 15.2. The summed E-state index contributed by atoms with van der Waals surface area (Å²) in [6.07, 6.45) is 15.0. The molecule has 1 heterocycles. The van der Waals surface area contributed by atoms with Gasteiger partial charge in [0.15, 0.2) is 0 Å². The standard InChI is InChI=1S/C34H50O5/c1-4-5-6-13-22-33(2,32(37)38)23-14-11-9-7-8-10-12-15-30-29-21-20-28(36)24-31(29)39-25-34(30,3)26-16-18-27(35)19-17-26/h16-21,24,30,35-36H,4-15,22-23,25H2,1-3H3,(H,37,38)/t30-,33?,34-/m1/s1. The van der Waals surface area contributed by atoms with Crippen molar-refractivity contribution in [2.75, 3.05) is 6.61 Å². The molecule has 2 aromatic rings. The van der Waals surface area contributed by atoms with Crippen LogP contribution in [0, 0.1) is 5.41 Å². The van der Waals surface area contributed by atoms with E-state index in [1.165, 1.54) is 32.1 Å². The summed E-state index contributed by atoms with van der Waals surface area (Å²) >= 11 is 0. The lowest BCUT2D eigenvalue weighted by Crippen LogP contribution is -2.40. The third-order valence-electron chi connectivity index (χ3n) is 9.02. The fourth-order valence-electron chi connectivity index (χ4n) is 6.24. The number of rotatable bonds is 17. The number of benzene rings is 2. The number of fused-ring (bicyclic) bond motifs is 1. The van der Waals surface area contributed by atoms with Gasteiger partial charge >= 0.3 is 5.97 Å². The zero-order chi connectivity index (χ0) is 28.3. The molecule has 0 saturated heterocycles. The number of carbonyl (C=O) groups is 1. The molecule has 0 radical (unpaired) electrons. The Kier molecular flexibility index (Phi) is 11.6. The first-order valence-electron chi connectivity index (χ1n) is 15.2. The molecule has 39 heavy (non-hydrogen) atoms. The summed E-state index contributed by atoms with van der Waals surface area (Å²) in [4.78, 5) is 11.9. The molecule has 0 aliphatic carbocycles. The minimum absolute atomic E-state index is 0.217. The molecule has 0 amide bonds. The Bertz CT molecular complexity index is 1030. The van der Waals surface area contributed by atoms with Crippen LogP contribution in [0.2, 0.25) is 0 Å². The molecular weight excluding hydrogens is 488 g/mol. The van der Waals surface area contributed by atoms with Crippen molar-refractivity contribution >= 4 is 5.97 Å². The summed E-state index contributed by atoms with van der Waals surface area (Å²) in [5.74, 6) is 0.886. The first kappa shape index (κ1) is 30.8. The van der Waals surface area contributed by atoms with Gasteiger partial charge in [0.25, 0.3) is 0 Å². The molecule has 0 saturated carbocycles. The van der Waals surface area contributed by atoms with E-state index in [0.29, 0.717) is 6.61 Å². The van der Waals surface area contributed by atoms with Crippen LogP contribution in [0.4, 0.5) is 0 Å². The molecule has 0 bridgehead atoms. The van der Waals surface area contributed by atoms with E-state index in [1.54, 1.807) is 24.3 Å². The van der Waals surface area contributed by atoms with Crippen molar-refractivity contribution < 1.29 is 24.9 Å². The molecule has 0 spiro atoms. The average Bonchev–Trinajstić information content (AvgIpc) is 2.91. The van der Waals surface area contributed by atoms with Crippen molar-refractivity contribution in [3.05, 3.63) is 53.6 Å². The maximum Gasteiger partial charge on any atom is 0.309 e. The van der Waals surface area contributed by atoms with E-state index in [1.807, 2.05) is 25.1 Å². The molecule has 5 heteroatoms. The smallest absolute Gasteiger partial charge is 0.309 e. The van der Waals surface area contributed by atoms with E-state index >= 15 is 0 Å². The van der Waals surface area contributed by atoms with Crippen LogP contribution in [-0.4, -0.2) is 27.9 Å². The first-order chi connectivity index (χ1) is 18.7. The number of carboxylic acids is 1. The summed E-state index contributed by atoms with van der Waals surface area (Å²) in [6.45, 7) is 6.89. The van der Waals surface area contributed by atoms with E-state index in [0.717, 1.165) is 74.7 Å². The fourth-order valence-corrected chi connectivity index (χ4v) is 6.24. The van der Waals surface area contributed by atoms with Crippen molar-refractivity contribution in [2.45, 2.75) is 122 Å². The number of aliphatic carboxylic acids is 1. The molecule has 1 unspecified atom stereocenters. The predicted molar refractivity (Wildman–Crippen MR) is 158 cm³/mol. The second-order valence-corrected chi connectivity index (χ2v) is 12.2. The molecule has 3 rings (SSSR count). The monoisotopic (exact) mass is 538 g/mol. The van der Waals surface area contributed by atoms with Gasteiger partial charge in [-0.3, -0.25) is 4.79 Å². The number of carboxylic acid groups (broad SMARTS) is 1. The fraction of sp³-hybridized carbons (Fsp3) is 0.618. The number of aromatic hydroxyl groups is 2. The highest BCUT2D eigenvalue weighted by molar-refractivity contribution is 5.74. The van der Waals surface area contributed by atoms with Crippen molar-refractivity contribution in [3.8, 4) is 17.2 Å². The average molecular weight is 539 g/mol. The molecule has 1 aliphatic rings. The molecule has 5 nitrogen and oxygen atoms in total. The Balaban J connectivity index is 1.45. The van der Waals surface area contributed by atoms with Gasteiger partial charge in [0.05, 0.1) is 12.0 Å². The topological polar surface area (TPSA) is 87.0 Å². The number of unbranched alkanes of at least 4 members (excludes halogenated alkanes) is 9. The van der Waals surface area contributed by atoms with Crippen LogP contribution < -0.4 is 4.74 Å². The van der Waals surface area contributed by atoms with Gasteiger partial charge in [0.1, 0.15) is 17.2 Å². The van der Waals surface area contributed by atoms with Gasteiger partial charge in [0, 0.05) is 17.4 Å². The molecule has 0 fully saturated rings. The lowest BCUT2D eigenvalue weighted by molar-refractivity contribution is -0.149. The van der Waals surface area contributed by atoms with Crippen molar-refractivity contribution in [1.29, 1.82) is 0 Å². The third kappa shape index (κ3) is 8.40. The second-order valence-electron chi connectivity index (χ2n) is 12.2. The van der Waals surface area contributed by atoms with Crippen LogP contribution in [0.3, 0.4) is 0 Å². The molecule has 3 N–H and O–H groups in total. The summed E-state index contributed by atoms with van der Waals surface area (Å²) in [5, 5.41) is 29.5. The van der Waals surface area contributed by atoms with Gasteiger partial charge in [-0.15, -0.1) is 0 Å². The summed E-state index contributed by atoms with van der Waals surface area (Å²) < 4.78 is 6.13. The van der Waals surface area contributed by atoms with Crippen LogP contribution >= 0.6 is 0 Å². The van der Waals surface area contributed by atoms with Crippen molar-refractivity contribution in [2.24, 2.45) is 5.41 Å². The Hall–Kier alpha value is -2.69. The molecule has 1 aliphatic heterocycles. The normalized spacial score (nSPS) is 20.1. The van der Waals surface area contributed by atoms with Gasteiger partial charge in [-0.1, -0.05) is 103 Å². The van der Waals surface area contributed by atoms with Gasteiger partial charge in [-0.25, -0.2) is 0 Å². The Morgan fingerprint density at radius 1 is 0.872 bits per heavy atom. The van der Waals surface area contributed by atoms with Crippen LogP contribution in [-0.2, 0) is 10.2 Å². The lowest BCUT2D eigenvalue weighted by atomic mass is 9.66. The highest BCUT2D eigenvalue weighted by Gasteiger charge is 2.42. The summed E-state index contributed by atoms with van der Waals surface area (Å²) in [6, 6.07) is 13.0. The van der Waals surface area contributed by atoms with E-state index in [4.69, 9.17) is 4.74 Å². The van der Waals surface area contributed by atoms with Gasteiger partial charge in [-0.05, 0) is 55.5 Å². The number of phenols is 2. The Morgan fingerprint density at radius 3 is 2.05 bits per heavy atom. The minimum Gasteiger partial charge on any atom is -0.508 e. The van der Waals surface area contributed by atoms with Crippen LogP contribution in [0.5, 0.6) is 17.2 Å². The molecular formula is C34H50O5. The summed E-state index contributed by atoms with van der Waals surface area (Å²) in [7, 11) is 0. The molecule has 216 valence electrons. The maximum absolute atomic E-state index is 11.9. The van der Waals surface area contributed by atoms with Crippen LogP contribution in [0.1, 0.15) is 128 Å². The van der Waals surface area contributed by atoms with Crippen molar-refractivity contribution in [3.63, 3.8) is 0 Å². The van der Waals surface area contributed by atoms with E-state index < -0.39 is 11.4 Å². The lowest BCUT2D eigenvalue weighted by Gasteiger charge is -2.43. The molecule has 2 aromatic carbocycles. The Labute approximate surface area is 235 Å². The number of hydrogen-bond donors (Lipinski definition) is 3. The minimum atomic E-state index is -0.636. The van der Waals surface area contributed by atoms with E-state index in [-0.39, 0.29) is 22.8 Å². The van der Waals surface area contributed by atoms with Gasteiger partial charge in [0.2, 0.25) is 0 Å². The second kappa shape index (κ2) is 14.6. The number of hydrogen-bond acceptors (Lipinski definition) is 4. The highest BCUT2D eigenvalue weighted by atomic mass is 16.5. The van der Waals surface area contributed by atoms with Crippen molar-refractivity contribution in [1.82, 2.24) is 0 Å². The zero-order valence-electron chi connectivity index (χ0n) is 24.4. The Morgan fingerprint density at radius 2 is 1.44 bits per heavy atom. The highest BCUT2D eigenvalue weighted by Crippen LogP contribution is 2.49. The van der Waals surface area contributed by atoms with Gasteiger partial charge < -0.3 is 20.1 Å². The largest absolute Gasteiger partial charge is 0.508 e. The SMILES string of the molecule is CCCCCCC(C)(CCCCCCCCC[C@@H]1c2ccc(O)cc2OC[C@]1(C)c1ccc(O)cc1)C(=O)O. The van der Waals surface area contributed by atoms with Crippen LogP contribution in [0.25, 0.3) is 0 Å². The zero-order valence-corrected chi connectivity index (χ0v) is 24.4. The van der Waals surface area contributed by atoms with E-state index in [2.05, 4.69) is 13.8 Å². The van der Waals surface area contributed by atoms with Crippen LogP contribution in [0.15, 0.2) is 42.5 Å². The molecule has 3 atom stereocenters. The van der Waals surface area contributed by atoms with E-state index in [9.17, 15) is 20.1 Å². The number of ether oxygens (including phenoxy) is 1.